The maximum absolute atomic E-state index is 11.6. The van der Waals surface area contributed by atoms with E-state index in [1.165, 1.54) is 10.5 Å². The zero-order valence-corrected chi connectivity index (χ0v) is 11.6. The molecule has 5 heteroatoms. The second-order valence-corrected chi connectivity index (χ2v) is 5.21. The van der Waals surface area contributed by atoms with E-state index in [-0.39, 0.29) is 18.4 Å². The first kappa shape index (κ1) is 14.5. The minimum Gasteiger partial charge on any atom is -0.389 e. The molecule has 2 N–H and O–H groups in total. The van der Waals surface area contributed by atoms with E-state index in [9.17, 15) is 9.59 Å². The maximum Gasteiger partial charge on any atom is 0.242 e. The number of nitrogens with zero attached hydrogens (tertiary/aromatic N) is 1. The van der Waals surface area contributed by atoms with Crippen LogP contribution in [0, 0.1) is 6.92 Å². The summed E-state index contributed by atoms with van der Waals surface area (Å²) < 4.78 is 0. The summed E-state index contributed by atoms with van der Waals surface area (Å²) in [6, 6.07) is 8.06. The van der Waals surface area contributed by atoms with Gasteiger partial charge in [0.1, 0.15) is 0 Å². The van der Waals surface area contributed by atoms with Gasteiger partial charge in [0.2, 0.25) is 11.8 Å². The van der Waals surface area contributed by atoms with Crippen LogP contribution in [0.1, 0.15) is 17.5 Å². The standard InChI is InChI=1S/C15H20N2O3/c1-11-2-4-12(5-3-11)6-7-14(19)16-8-15(20)17-9-13(18)10-17/h2-5,13,18H,6-10H2,1H3,(H,16,19). The van der Waals surface area contributed by atoms with Crippen LogP contribution >= 0.6 is 0 Å². The van der Waals surface area contributed by atoms with E-state index in [1.54, 1.807) is 0 Å². The Kier molecular flexibility index (Phi) is 4.74. The molecule has 1 aromatic carbocycles. The Balaban J connectivity index is 1.65. The molecule has 0 bridgehead atoms. The van der Waals surface area contributed by atoms with Crippen LogP contribution in [0.4, 0.5) is 0 Å². The van der Waals surface area contributed by atoms with Gasteiger partial charge in [-0.2, -0.15) is 0 Å². The molecule has 0 aromatic heterocycles. The van der Waals surface area contributed by atoms with Crippen LogP contribution in [-0.2, 0) is 16.0 Å². The lowest BCUT2D eigenvalue weighted by Crippen LogP contribution is -2.55. The summed E-state index contributed by atoms with van der Waals surface area (Å²) in [5, 5.41) is 11.7. The van der Waals surface area contributed by atoms with Gasteiger partial charge < -0.3 is 15.3 Å². The molecule has 1 fully saturated rings. The van der Waals surface area contributed by atoms with Crippen LogP contribution in [0.5, 0.6) is 0 Å². The van der Waals surface area contributed by atoms with E-state index in [0.717, 1.165) is 5.56 Å². The molecule has 0 radical (unpaired) electrons. The monoisotopic (exact) mass is 276 g/mol. The highest BCUT2D eigenvalue weighted by Gasteiger charge is 2.28. The van der Waals surface area contributed by atoms with Crippen molar-refractivity contribution in [1.29, 1.82) is 0 Å². The zero-order valence-electron chi connectivity index (χ0n) is 11.6. The molecule has 5 nitrogen and oxygen atoms in total. The van der Waals surface area contributed by atoms with Crippen molar-refractivity contribution in [2.45, 2.75) is 25.9 Å². The summed E-state index contributed by atoms with van der Waals surface area (Å²) in [5.74, 6) is -0.265. The van der Waals surface area contributed by atoms with E-state index in [2.05, 4.69) is 5.32 Å². The number of hydrogen-bond donors (Lipinski definition) is 2. The van der Waals surface area contributed by atoms with Crippen LogP contribution in [0.25, 0.3) is 0 Å². The smallest absolute Gasteiger partial charge is 0.242 e. The first-order chi connectivity index (χ1) is 9.54. The third kappa shape index (κ3) is 4.06. The molecule has 0 spiro atoms. The van der Waals surface area contributed by atoms with Gasteiger partial charge in [0.25, 0.3) is 0 Å². The lowest BCUT2D eigenvalue weighted by molar-refractivity contribution is -0.141. The number of nitrogens with one attached hydrogen (secondary N) is 1. The number of amides is 2. The van der Waals surface area contributed by atoms with Crippen LogP contribution in [0.2, 0.25) is 0 Å². The molecule has 20 heavy (non-hydrogen) atoms. The minimum absolute atomic E-state index is 0.0133. The lowest BCUT2D eigenvalue weighted by Gasteiger charge is -2.35. The molecular formula is C15H20N2O3. The number of rotatable bonds is 5. The molecule has 0 aliphatic carbocycles. The molecule has 0 unspecified atom stereocenters. The average Bonchev–Trinajstić information content (AvgIpc) is 2.40. The van der Waals surface area contributed by atoms with Gasteiger partial charge in [-0.05, 0) is 18.9 Å². The van der Waals surface area contributed by atoms with Gasteiger partial charge in [-0.1, -0.05) is 29.8 Å². The normalized spacial score (nSPS) is 14.8. The van der Waals surface area contributed by atoms with E-state index >= 15 is 0 Å². The molecule has 108 valence electrons. The van der Waals surface area contributed by atoms with Crippen LogP contribution < -0.4 is 5.32 Å². The Morgan fingerprint density at radius 1 is 1.30 bits per heavy atom. The third-order valence-electron chi connectivity index (χ3n) is 3.41. The van der Waals surface area contributed by atoms with Crippen LogP contribution in [0.15, 0.2) is 24.3 Å². The Morgan fingerprint density at radius 2 is 1.95 bits per heavy atom. The number of hydrogen-bond acceptors (Lipinski definition) is 3. The lowest BCUT2D eigenvalue weighted by atomic mass is 10.1. The Hall–Kier alpha value is -1.88. The number of aliphatic hydroxyl groups is 1. The van der Waals surface area contributed by atoms with Crippen molar-refractivity contribution in [2.24, 2.45) is 0 Å². The van der Waals surface area contributed by atoms with Crippen molar-refractivity contribution in [3.8, 4) is 0 Å². The van der Waals surface area contributed by atoms with E-state index in [4.69, 9.17) is 5.11 Å². The highest BCUT2D eigenvalue weighted by atomic mass is 16.3. The van der Waals surface area contributed by atoms with Crippen molar-refractivity contribution in [3.63, 3.8) is 0 Å². The fourth-order valence-corrected chi connectivity index (χ4v) is 2.05. The SMILES string of the molecule is Cc1ccc(CCC(=O)NCC(=O)N2CC(O)C2)cc1. The molecule has 1 heterocycles. The highest BCUT2D eigenvalue weighted by molar-refractivity contribution is 5.85. The number of likely N-dealkylation sites (tertiary alicyclic amines) is 1. The molecule has 2 amide bonds. The predicted molar refractivity (Wildman–Crippen MR) is 75.1 cm³/mol. The summed E-state index contributed by atoms with van der Waals surface area (Å²) >= 11 is 0. The van der Waals surface area contributed by atoms with E-state index in [0.29, 0.717) is 25.9 Å². The number of carbonyl (C=O) groups is 2. The molecular weight excluding hydrogens is 256 g/mol. The van der Waals surface area contributed by atoms with Gasteiger partial charge in [0.05, 0.1) is 12.6 Å². The topological polar surface area (TPSA) is 69.6 Å². The minimum atomic E-state index is -0.406. The second kappa shape index (κ2) is 6.52. The van der Waals surface area contributed by atoms with Crippen molar-refractivity contribution in [3.05, 3.63) is 35.4 Å². The molecule has 1 aliphatic rings. The van der Waals surface area contributed by atoms with Gasteiger partial charge >= 0.3 is 0 Å². The summed E-state index contributed by atoms with van der Waals surface area (Å²) in [5.41, 5.74) is 2.31. The molecule has 1 aliphatic heterocycles. The first-order valence-electron chi connectivity index (χ1n) is 6.82. The van der Waals surface area contributed by atoms with Gasteiger partial charge in [-0.3, -0.25) is 9.59 Å². The Morgan fingerprint density at radius 3 is 2.55 bits per heavy atom. The molecule has 0 saturated carbocycles. The fraction of sp³-hybridized carbons (Fsp3) is 0.467. The number of benzene rings is 1. The molecule has 2 rings (SSSR count). The zero-order chi connectivity index (χ0) is 14.5. The Labute approximate surface area is 118 Å². The average molecular weight is 276 g/mol. The number of aryl methyl sites for hydroxylation is 2. The maximum atomic E-state index is 11.6. The Bertz CT molecular complexity index is 478. The van der Waals surface area contributed by atoms with Crippen molar-refractivity contribution >= 4 is 11.8 Å². The molecule has 1 saturated heterocycles. The number of aliphatic hydroxyl groups excluding tert-OH is 1. The quantitative estimate of drug-likeness (QED) is 0.810. The van der Waals surface area contributed by atoms with Crippen molar-refractivity contribution in [1.82, 2.24) is 10.2 Å². The first-order valence-corrected chi connectivity index (χ1v) is 6.82. The van der Waals surface area contributed by atoms with Gasteiger partial charge in [-0.15, -0.1) is 0 Å². The van der Waals surface area contributed by atoms with E-state index < -0.39 is 6.10 Å². The molecule has 1 aromatic rings. The summed E-state index contributed by atoms with van der Waals surface area (Å²) in [6.07, 6.45) is 0.637. The fourth-order valence-electron chi connectivity index (χ4n) is 2.05. The summed E-state index contributed by atoms with van der Waals surface area (Å²) in [7, 11) is 0. The number of β-amino-alcohol motifs (C(OH)–C–C–N with tert-alkyl or cyclic N) is 1. The summed E-state index contributed by atoms with van der Waals surface area (Å²) in [6.45, 7) is 2.78. The van der Waals surface area contributed by atoms with E-state index in [1.807, 2.05) is 31.2 Å². The third-order valence-corrected chi connectivity index (χ3v) is 3.41. The molecule has 0 atom stereocenters. The van der Waals surface area contributed by atoms with Crippen molar-refractivity contribution < 1.29 is 14.7 Å². The highest BCUT2D eigenvalue weighted by Crippen LogP contribution is 2.07. The van der Waals surface area contributed by atoms with Gasteiger partial charge in [0, 0.05) is 19.5 Å². The largest absolute Gasteiger partial charge is 0.389 e. The predicted octanol–water partition coefficient (Wildman–Crippen LogP) is 0.247. The summed E-state index contributed by atoms with van der Waals surface area (Å²) in [4.78, 5) is 24.8. The number of carbonyl (C=O) groups excluding carboxylic acids is 2. The van der Waals surface area contributed by atoms with Crippen LogP contribution in [0.3, 0.4) is 0 Å². The van der Waals surface area contributed by atoms with Crippen LogP contribution in [-0.4, -0.2) is 47.6 Å². The van der Waals surface area contributed by atoms with Crippen molar-refractivity contribution in [2.75, 3.05) is 19.6 Å². The second-order valence-electron chi connectivity index (χ2n) is 5.21. The van der Waals surface area contributed by atoms with Gasteiger partial charge in [0.15, 0.2) is 0 Å². The van der Waals surface area contributed by atoms with Gasteiger partial charge in [-0.25, -0.2) is 0 Å².